The Morgan fingerprint density at radius 1 is 1.36 bits per heavy atom. The Hall–Kier alpha value is -1.66. The van der Waals surface area contributed by atoms with E-state index in [-0.39, 0.29) is 42.0 Å². The van der Waals surface area contributed by atoms with Crippen molar-refractivity contribution in [3.8, 4) is 0 Å². The number of amides is 2. The maximum Gasteiger partial charge on any atom is 0.224 e. The molecule has 1 aliphatic rings. The second kappa shape index (κ2) is 9.73. The van der Waals surface area contributed by atoms with Gasteiger partial charge in [-0.2, -0.15) is 0 Å². The summed E-state index contributed by atoms with van der Waals surface area (Å²) >= 11 is 0. The Balaban J connectivity index is 0.00000312. The van der Waals surface area contributed by atoms with Gasteiger partial charge >= 0.3 is 0 Å². The number of benzene rings is 1. The van der Waals surface area contributed by atoms with Gasteiger partial charge in [-0.25, -0.2) is 4.39 Å². The molecule has 2 rings (SSSR count). The van der Waals surface area contributed by atoms with Gasteiger partial charge in [-0.05, 0) is 43.9 Å². The monoisotopic (exact) mass is 371 g/mol. The van der Waals surface area contributed by atoms with E-state index < -0.39 is 0 Å². The largest absolute Gasteiger partial charge is 0.352 e. The molecule has 1 saturated heterocycles. The zero-order chi connectivity index (χ0) is 17.7. The molecule has 1 fully saturated rings. The fourth-order valence-corrected chi connectivity index (χ4v) is 2.88. The molecule has 1 aromatic carbocycles. The SMILES string of the molecule is Cc1ccc(CNC(=O)C2CCN(C(=O)CC(C)N)CC2)cc1F.Cl. The molecule has 0 aliphatic carbocycles. The Labute approximate surface area is 154 Å². The summed E-state index contributed by atoms with van der Waals surface area (Å²) in [5, 5.41) is 2.86. The summed E-state index contributed by atoms with van der Waals surface area (Å²) in [4.78, 5) is 26.0. The van der Waals surface area contributed by atoms with Crippen molar-refractivity contribution < 1.29 is 14.0 Å². The molecule has 1 aromatic rings. The van der Waals surface area contributed by atoms with Gasteiger partial charge in [0.05, 0.1) is 0 Å². The molecule has 7 heteroatoms. The number of hydrogen-bond donors (Lipinski definition) is 2. The van der Waals surface area contributed by atoms with Crippen molar-refractivity contribution in [3.05, 3.63) is 35.1 Å². The average Bonchev–Trinajstić information content (AvgIpc) is 2.55. The van der Waals surface area contributed by atoms with Crippen molar-refractivity contribution >= 4 is 24.2 Å². The van der Waals surface area contributed by atoms with Crippen LogP contribution in [0.15, 0.2) is 18.2 Å². The summed E-state index contributed by atoms with van der Waals surface area (Å²) in [6, 6.07) is 4.83. The van der Waals surface area contributed by atoms with Crippen LogP contribution in [0.25, 0.3) is 0 Å². The molecule has 0 radical (unpaired) electrons. The van der Waals surface area contributed by atoms with Gasteiger partial charge in [0.2, 0.25) is 11.8 Å². The number of piperidine rings is 1. The molecule has 2 amide bonds. The van der Waals surface area contributed by atoms with Gasteiger partial charge in [0.1, 0.15) is 5.82 Å². The summed E-state index contributed by atoms with van der Waals surface area (Å²) in [6.07, 6.45) is 1.65. The minimum absolute atomic E-state index is 0. The maximum absolute atomic E-state index is 13.5. The number of hydrogen-bond acceptors (Lipinski definition) is 3. The Morgan fingerprint density at radius 3 is 2.56 bits per heavy atom. The number of nitrogens with zero attached hydrogens (tertiary/aromatic N) is 1. The predicted molar refractivity (Wildman–Crippen MR) is 97.8 cm³/mol. The van der Waals surface area contributed by atoms with Gasteiger partial charge in [-0.1, -0.05) is 12.1 Å². The highest BCUT2D eigenvalue weighted by Gasteiger charge is 2.27. The minimum Gasteiger partial charge on any atom is -0.352 e. The van der Waals surface area contributed by atoms with Gasteiger partial charge in [-0.15, -0.1) is 12.4 Å². The first-order chi connectivity index (χ1) is 11.4. The molecular weight excluding hydrogens is 345 g/mol. The summed E-state index contributed by atoms with van der Waals surface area (Å²) < 4.78 is 13.5. The predicted octanol–water partition coefficient (Wildman–Crippen LogP) is 2.15. The van der Waals surface area contributed by atoms with E-state index in [1.165, 1.54) is 6.07 Å². The van der Waals surface area contributed by atoms with Crippen LogP contribution in [0.5, 0.6) is 0 Å². The topological polar surface area (TPSA) is 75.4 Å². The van der Waals surface area contributed by atoms with E-state index >= 15 is 0 Å². The van der Waals surface area contributed by atoms with Crippen LogP contribution in [-0.4, -0.2) is 35.8 Å². The maximum atomic E-state index is 13.5. The van der Waals surface area contributed by atoms with E-state index in [0.717, 1.165) is 5.56 Å². The van der Waals surface area contributed by atoms with E-state index in [1.807, 2.05) is 13.0 Å². The molecule has 0 bridgehead atoms. The van der Waals surface area contributed by atoms with Crippen molar-refractivity contribution in [2.75, 3.05) is 13.1 Å². The first-order valence-electron chi connectivity index (χ1n) is 8.43. The molecule has 1 unspecified atom stereocenters. The van der Waals surface area contributed by atoms with E-state index in [4.69, 9.17) is 5.73 Å². The first kappa shape index (κ1) is 21.4. The number of halogens is 2. The lowest BCUT2D eigenvalue weighted by Gasteiger charge is -2.31. The van der Waals surface area contributed by atoms with Crippen LogP contribution in [0.1, 0.15) is 37.3 Å². The fraction of sp³-hybridized carbons (Fsp3) is 0.556. The van der Waals surface area contributed by atoms with Crippen LogP contribution in [0.3, 0.4) is 0 Å². The molecule has 1 atom stereocenters. The molecule has 25 heavy (non-hydrogen) atoms. The van der Waals surface area contributed by atoms with Gasteiger partial charge in [-0.3, -0.25) is 9.59 Å². The van der Waals surface area contributed by atoms with E-state index in [0.29, 0.717) is 44.5 Å². The number of carbonyl (C=O) groups is 2. The van der Waals surface area contributed by atoms with Crippen LogP contribution in [0.4, 0.5) is 4.39 Å². The average molecular weight is 372 g/mol. The van der Waals surface area contributed by atoms with Crippen molar-refractivity contribution in [1.82, 2.24) is 10.2 Å². The highest BCUT2D eigenvalue weighted by molar-refractivity contribution is 5.85. The number of nitrogens with one attached hydrogen (secondary N) is 1. The Morgan fingerprint density at radius 2 is 2.00 bits per heavy atom. The normalized spacial score (nSPS) is 16.1. The molecule has 1 aliphatic heterocycles. The van der Waals surface area contributed by atoms with Crippen molar-refractivity contribution in [2.45, 2.75) is 45.7 Å². The zero-order valence-electron chi connectivity index (χ0n) is 14.8. The minimum atomic E-state index is -0.261. The lowest BCUT2D eigenvalue weighted by atomic mass is 9.95. The van der Waals surface area contributed by atoms with Crippen molar-refractivity contribution in [3.63, 3.8) is 0 Å². The van der Waals surface area contributed by atoms with Crippen molar-refractivity contribution in [1.29, 1.82) is 0 Å². The van der Waals surface area contributed by atoms with Crippen LogP contribution < -0.4 is 11.1 Å². The molecular formula is C18H27ClFN3O2. The Bertz CT molecular complexity index is 602. The molecule has 0 spiro atoms. The molecule has 5 nitrogen and oxygen atoms in total. The van der Waals surface area contributed by atoms with Crippen molar-refractivity contribution in [2.24, 2.45) is 11.7 Å². The molecule has 140 valence electrons. The van der Waals surface area contributed by atoms with E-state index in [1.54, 1.807) is 17.9 Å². The fourth-order valence-electron chi connectivity index (χ4n) is 2.88. The summed E-state index contributed by atoms with van der Waals surface area (Å²) in [5.74, 6) is -0.336. The Kier molecular flexibility index (Phi) is 8.32. The van der Waals surface area contributed by atoms with Crippen LogP contribution in [0, 0.1) is 18.7 Å². The highest BCUT2D eigenvalue weighted by atomic mass is 35.5. The van der Waals surface area contributed by atoms with Gasteiger partial charge in [0, 0.05) is 38.0 Å². The summed E-state index contributed by atoms with van der Waals surface area (Å²) in [7, 11) is 0. The number of aryl methyl sites for hydroxylation is 1. The molecule has 0 saturated carbocycles. The zero-order valence-corrected chi connectivity index (χ0v) is 15.6. The van der Waals surface area contributed by atoms with Crippen LogP contribution in [-0.2, 0) is 16.1 Å². The molecule has 1 heterocycles. The standard InChI is InChI=1S/C18H26FN3O2.ClH/c1-12-3-4-14(10-16(12)19)11-21-18(24)15-5-7-22(8-6-15)17(23)9-13(2)20;/h3-4,10,13,15H,5-9,11,20H2,1-2H3,(H,21,24);1H. The quantitative estimate of drug-likeness (QED) is 0.832. The third-order valence-electron chi connectivity index (χ3n) is 4.42. The third kappa shape index (κ3) is 6.29. The molecule has 3 N–H and O–H groups in total. The van der Waals surface area contributed by atoms with E-state index in [9.17, 15) is 14.0 Å². The van der Waals surface area contributed by atoms with Gasteiger partial charge < -0.3 is 16.0 Å². The van der Waals surface area contributed by atoms with Crippen LogP contribution in [0.2, 0.25) is 0 Å². The van der Waals surface area contributed by atoms with Gasteiger partial charge in [0.25, 0.3) is 0 Å². The lowest BCUT2D eigenvalue weighted by molar-refractivity contribution is -0.135. The summed E-state index contributed by atoms with van der Waals surface area (Å²) in [6.45, 7) is 5.01. The number of nitrogens with two attached hydrogens (primary N) is 1. The number of carbonyl (C=O) groups excluding carboxylic acids is 2. The summed E-state index contributed by atoms with van der Waals surface area (Å²) in [5.41, 5.74) is 6.99. The number of rotatable bonds is 5. The number of likely N-dealkylation sites (tertiary alicyclic amines) is 1. The second-order valence-corrected chi connectivity index (χ2v) is 6.64. The molecule has 0 aromatic heterocycles. The van der Waals surface area contributed by atoms with Gasteiger partial charge in [0.15, 0.2) is 0 Å². The van der Waals surface area contributed by atoms with Crippen LogP contribution >= 0.6 is 12.4 Å². The smallest absolute Gasteiger partial charge is 0.224 e. The second-order valence-electron chi connectivity index (χ2n) is 6.64. The first-order valence-corrected chi connectivity index (χ1v) is 8.43. The third-order valence-corrected chi connectivity index (χ3v) is 4.42. The highest BCUT2D eigenvalue weighted by Crippen LogP contribution is 2.18. The lowest BCUT2D eigenvalue weighted by Crippen LogP contribution is -2.44. The van der Waals surface area contributed by atoms with E-state index in [2.05, 4.69) is 5.32 Å².